The van der Waals surface area contributed by atoms with Crippen LogP contribution in [-0.4, -0.2) is 111 Å². The van der Waals surface area contributed by atoms with Crippen molar-refractivity contribution in [1.82, 2.24) is 10.6 Å². The van der Waals surface area contributed by atoms with Gasteiger partial charge in [-0.1, -0.05) is 168 Å². The third-order valence-electron chi connectivity index (χ3n) is 12.9. The van der Waals surface area contributed by atoms with Gasteiger partial charge in [0.15, 0.2) is 13.1 Å². The number of aliphatic hydroxyl groups excluding tert-OH is 2. The highest BCUT2D eigenvalue weighted by atomic mass is 16.6. The molecular weight excluding hydrogens is 837 g/mol. The van der Waals surface area contributed by atoms with Gasteiger partial charge in [-0.05, 0) is 26.2 Å². The number of primary amides is 1. The van der Waals surface area contributed by atoms with Crippen LogP contribution in [-0.2, 0) is 38.2 Å². The molecule has 1 unspecified atom stereocenters. The number of rotatable bonds is 41. The molecule has 10 N–H and O–H groups in total. The molecule has 1 fully saturated rings. The number of nitrogens with one attached hydrogen (secondary N) is 2. The molecule has 0 spiro atoms. The number of unbranched alkanes of at least 4 members (excludes halogenated alkanes) is 22. The first kappa shape index (κ1) is 57.9. The predicted molar refractivity (Wildman–Crippen MR) is 251 cm³/mol. The minimum atomic E-state index is -2.72. The monoisotopic (exact) mass is 928 g/mol. The minimum Gasteiger partial charge on any atom is -0.481 e. The topological polar surface area (TPSA) is 278 Å². The Labute approximate surface area is 391 Å². The fourth-order valence-electron chi connectivity index (χ4n) is 8.94. The van der Waals surface area contributed by atoms with Crippen molar-refractivity contribution >= 4 is 35.4 Å². The lowest BCUT2D eigenvalue weighted by Crippen LogP contribution is -2.77. The first-order valence-corrected chi connectivity index (χ1v) is 25.2. The van der Waals surface area contributed by atoms with Gasteiger partial charge in [-0.25, -0.2) is 4.79 Å². The fraction of sp³-hybridized carbons (Fsp3) is 0.878. The average Bonchev–Trinajstić information content (AvgIpc) is 3.27. The van der Waals surface area contributed by atoms with Crippen LogP contribution < -0.4 is 22.1 Å². The van der Waals surface area contributed by atoms with E-state index in [2.05, 4.69) is 19.2 Å². The smallest absolute Gasteiger partial charge is 0.332 e. The van der Waals surface area contributed by atoms with Crippen LogP contribution in [0.3, 0.4) is 0 Å². The number of hydrogen-bond acceptors (Lipinski definition) is 11. The summed E-state index contributed by atoms with van der Waals surface area (Å²) in [5.74, 6) is -7.30. The predicted octanol–water partition coefficient (Wildman–Crippen LogP) is 6.76. The maximum absolute atomic E-state index is 14.9. The number of ketones is 1. The van der Waals surface area contributed by atoms with Gasteiger partial charge in [-0.15, -0.1) is 0 Å². The van der Waals surface area contributed by atoms with Crippen molar-refractivity contribution in [1.29, 1.82) is 0 Å². The Hall–Kier alpha value is -3.18. The molecule has 1 heterocycles. The Morgan fingerprint density at radius 1 is 0.738 bits per heavy atom. The highest BCUT2D eigenvalue weighted by Gasteiger charge is 2.58. The molecule has 16 heteroatoms. The van der Waals surface area contributed by atoms with E-state index in [-0.39, 0.29) is 5.31 Å². The van der Waals surface area contributed by atoms with Crippen molar-refractivity contribution in [2.24, 2.45) is 17.4 Å². The first-order chi connectivity index (χ1) is 31.5. The number of nitrogens with two attached hydrogens (primary N) is 2. The van der Waals surface area contributed by atoms with Crippen LogP contribution in [0.4, 0.5) is 0 Å². The summed E-state index contributed by atoms with van der Waals surface area (Å²) in [4.78, 5) is 79.2. The van der Waals surface area contributed by atoms with E-state index in [4.69, 9.17) is 22.4 Å². The third-order valence-corrected chi connectivity index (χ3v) is 12.9. The lowest BCUT2D eigenvalue weighted by atomic mass is 9.74. The molecule has 1 rings (SSSR count). The summed E-state index contributed by atoms with van der Waals surface area (Å²) in [7, 11) is 0. The molecule has 16 nitrogen and oxygen atoms in total. The fourth-order valence-corrected chi connectivity index (χ4v) is 8.94. The van der Waals surface area contributed by atoms with E-state index in [0.29, 0.717) is 25.7 Å². The zero-order valence-electron chi connectivity index (χ0n) is 41.5. The number of carbonyl (C=O) groups excluding carboxylic acids is 4. The highest BCUT2D eigenvalue weighted by Crippen LogP contribution is 2.35. The largest absolute Gasteiger partial charge is 0.481 e. The van der Waals surface area contributed by atoms with E-state index < -0.39 is 115 Å². The van der Waals surface area contributed by atoms with E-state index in [1.165, 1.54) is 96.8 Å². The summed E-state index contributed by atoms with van der Waals surface area (Å²) in [6.07, 6.45) is 17.5. The SMILES string of the molecule is [2H]N(C(C)=O)[C@@](CC(=O)C(CCCCCCCCCCCCCC)CCCCCCCCCCCCCC)(C(=O)N[C@@H](CCC(=O)O)C(N)=O)C1O[C@H](CO)[C@@H](O)[C@H](O[C@H](C)C(=O)O)[C@H]1N. The number of hydrogen-bond donors (Lipinski definition) is 8. The average molecular weight is 928 g/mol. The van der Waals surface area contributed by atoms with E-state index in [0.717, 1.165) is 58.3 Å². The lowest BCUT2D eigenvalue weighted by molar-refractivity contribution is -0.229. The Balaban J connectivity index is 3.55. The molecule has 65 heavy (non-hydrogen) atoms. The van der Waals surface area contributed by atoms with Gasteiger partial charge in [0.1, 0.15) is 36.2 Å². The first-order valence-electron chi connectivity index (χ1n) is 25.7. The second-order valence-electron chi connectivity index (χ2n) is 18.5. The maximum atomic E-state index is 14.9. The van der Waals surface area contributed by atoms with Gasteiger partial charge >= 0.3 is 11.9 Å². The molecule has 0 aliphatic carbocycles. The molecule has 0 aromatic heterocycles. The summed E-state index contributed by atoms with van der Waals surface area (Å²) < 4.78 is 20.9. The van der Waals surface area contributed by atoms with Crippen molar-refractivity contribution in [3.8, 4) is 0 Å². The van der Waals surface area contributed by atoms with Gasteiger partial charge in [-0.2, -0.15) is 0 Å². The molecule has 0 radical (unpaired) electrons. The van der Waals surface area contributed by atoms with E-state index in [1.54, 1.807) is 0 Å². The molecule has 378 valence electrons. The summed E-state index contributed by atoms with van der Waals surface area (Å²) in [5.41, 5.74) is 9.57. The summed E-state index contributed by atoms with van der Waals surface area (Å²) in [5, 5.41) is 43.2. The molecule has 0 aromatic rings. The number of carboxylic acid groups (broad SMARTS) is 2. The quantitative estimate of drug-likeness (QED) is 0.0295. The number of aliphatic carboxylic acids is 2. The van der Waals surface area contributed by atoms with Crippen molar-refractivity contribution < 1.29 is 60.1 Å². The molecule has 0 aromatic carbocycles. The number of amides is 3. The molecule has 1 aliphatic rings. The number of aliphatic hydroxyl groups is 2. The van der Waals surface area contributed by atoms with Crippen LogP contribution in [0.25, 0.3) is 0 Å². The molecule has 3 amide bonds. The van der Waals surface area contributed by atoms with Crippen molar-refractivity contribution in [2.75, 3.05) is 6.61 Å². The van der Waals surface area contributed by atoms with Gasteiger partial charge in [0.05, 0.1) is 12.6 Å². The van der Waals surface area contributed by atoms with E-state index in [9.17, 15) is 49.2 Å². The second-order valence-corrected chi connectivity index (χ2v) is 18.5. The van der Waals surface area contributed by atoms with Gasteiger partial charge in [-0.3, -0.25) is 24.0 Å². The normalized spacial score (nSPS) is 20.7. The summed E-state index contributed by atoms with van der Waals surface area (Å²) in [6.45, 7) is 5.66. The van der Waals surface area contributed by atoms with Crippen molar-refractivity contribution in [3.63, 3.8) is 0 Å². The van der Waals surface area contributed by atoms with Gasteiger partial charge in [0.25, 0.3) is 0 Å². The van der Waals surface area contributed by atoms with Gasteiger partial charge in [0.2, 0.25) is 17.7 Å². The van der Waals surface area contributed by atoms with Gasteiger partial charge < -0.3 is 52.0 Å². The second kappa shape index (κ2) is 35.0. The molecular formula is C49H90N4O12. The van der Waals surface area contributed by atoms with Crippen molar-refractivity contribution in [3.05, 3.63) is 0 Å². The van der Waals surface area contributed by atoms with Crippen LogP contribution in [0.15, 0.2) is 0 Å². The number of carbonyl (C=O) groups is 6. The molecule has 1 aliphatic heterocycles. The van der Waals surface area contributed by atoms with Crippen molar-refractivity contribution in [2.45, 2.75) is 262 Å². The molecule has 0 bridgehead atoms. The van der Waals surface area contributed by atoms with Crippen LogP contribution in [0.1, 0.15) is 214 Å². The van der Waals surface area contributed by atoms with Gasteiger partial charge in [0, 0.05) is 25.7 Å². The molecule has 8 atom stereocenters. The summed E-state index contributed by atoms with van der Waals surface area (Å²) >= 11 is 0. The van der Waals surface area contributed by atoms with E-state index >= 15 is 0 Å². The Morgan fingerprint density at radius 2 is 1.17 bits per heavy atom. The number of Topliss-reactive ketones (excluding diaryl/α,β-unsaturated/α-hetero) is 1. The Morgan fingerprint density at radius 3 is 1.54 bits per heavy atom. The maximum Gasteiger partial charge on any atom is 0.332 e. The number of ether oxygens (including phenoxy) is 2. The Kier molecular flexibility index (Phi) is 31.2. The Bertz CT molecular complexity index is 1380. The van der Waals surface area contributed by atoms with Crippen LogP contribution in [0.5, 0.6) is 0 Å². The highest BCUT2D eigenvalue weighted by molar-refractivity contribution is 5.99. The standard InChI is InChI=1S/C49H90N4O12/c1-5-7-9-11-13-15-17-19-21-23-25-27-29-37(30-28-26-24-22-20-18-16-14-12-10-8-6-2)39(56)33-49(53-36(4)55,48(63)52-38(46(51)60)31-32-41(57)58)45-42(50)44(64-35(3)47(61)62)43(59)40(34-54)65-45/h35,37-38,40,42-45,54,59H,5-34,50H2,1-4H3,(H2,51,60)(H,52,63)(H,53,55)(H,57,58)(H,61,62)/t35-,38+,40-,42-,43-,44-,45?,49-/m1/s1/i/hD. The lowest BCUT2D eigenvalue weighted by Gasteiger charge is -2.50. The van der Waals surface area contributed by atoms with E-state index in [1.807, 2.05) is 0 Å². The minimum absolute atomic E-state index is 0.231. The summed E-state index contributed by atoms with van der Waals surface area (Å²) in [6, 6.07) is -3.34. The third kappa shape index (κ3) is 23.9. The zero-order valence-corrected chi connectivity index (χ0v) is 40.5. The molecule has 1 saturated heterocycles. The molecule has 0 saturated carbocycles. The zero-order chi connectivity index (χ0) is 49.5. The van der Waals surface area contributed by atoms with Crippen LogP contribution in [0, 0.1) is 5.92 Å². The van der Waals surface area contributed by atoms with Crippen LogP contribution in [0.2, 0.25) is 1.41 Å². The van der Waals surface area contributed by atoms with Crippen LogP contribution >= 0.6 is 0 Å². The number of carboxylic acids is 2.